The van der Waals surface area contributed by atoms with Crippen LogP contribution in [0.2, 0.25) is 0 Å². The number of benzene rings is 1. The Balaban J connectivity index is 2.46. The van der Waals surface area contributed by atoms with Crippen molar-refractivity contribution >= 4 is 0 Å². The molecule has 1 unspecified atom stereocenters. The Labute approximate surface area is 91.4 Å². The van der Waals surface area contributed by atoms with Crippen molar-refractivity contribution in [2.75, 3.05) is 27.4 Å². The number of rotatable bonds is 6. The lowest BCUT2D eigenvalue weighted by Gasteiger charge is -2.14. The minimum atomic E-state index is 0.339. The summed E-state index contributed by atoms with van der Waals surface area (Å²) in [6, 6.07) is 8.44. The van der Waals surface area contributed by atoms with E-state index in [0.717, 1.165) is 18.9 Å². The number of methoxy groups -OCH3 is 2. The van der Waals surface area contributed by atoms with Gasteiger partial charge in [0, 0.05) is 19.7 Å². The Bertz CT molecular complexity index is 271. The van der Waals surface area contributed by atoms with Gasteiger partial charge < -0.3 is 14.8 Å². The molecule has 15 heavy (non-hydrogen) atoms. The molecule has 0 saturated heterocycles. The SMILES string of the molecule is COCCNC(C)c1ccc(OC)cc1. The Morgan fingerprint density at radius 2 is 1.87 bits per heavy atom. The highest BCUT2D eigenvalue weighted by Gasteiger charge is 2.03. The van der Waals surface area contributed by atoms with Crippen LogP contribution < -0.4 is 10.1 Å². The second kappa shape index (κ2) is 6.43. The lowest BCUT2D eigenvalue weighted by atomic mass is 10.1. The molecule has 3 heteroatoms. The van der Waals surface area contributed by atoms with Gasteiger partial charge in [0.15, 0.2) is 0 Å². The molecule has 1 atom stereocenters. The lowest BCUT2D eigenvalue weighted by Crippen LogP contribution is -2.22. The zero-order chi connectivity index (χ0) is 11.1. The van der Waals surface area contributed by atoms with Gasteiger partial charge in [0.2, 0.25) is 0 Å². The summed E-state index contributed by atoms with van der Waals surface area (Å²) in [4.78, 5) is 0. The second-order valence-corrected chi connectivity index (χ2v) is 3.44. The largest absolute Gasteiger partial charge is 0.497 e. The molecule has 1 aromatic carbocycles. The average Bonchev–Trinajstić information content (AvgIpc) is 2.29. The second-order valence-electron chi connectivity index (χ2n) is 3.44. The van der Waals surface area contributed by atoms with E-state index in [-0.39, 0.29) is 0 Å². The molecule has 0 aliphatic rings. The van der Waals surface area contributed by atoms with Gasteiger partial charge in [-0.25, -0.2) is 0 Å². The van der Waals surface area contributed by atoms with Gasteiger partial charge in [-0.3, -0.25) is 0 Å². The third-order valence-corrected chi connectivity index (χ3v) is 2.37. The van der Waals surface area contributed by atoms with Crippen LogP contribution in [0.5, 0.6) is 5.75 Å². The Kier molecular flexibility index (Phi) is 5.15. The van der Waals surface area contributed by atoms with Gasteiger partial charge in [0.05, 0.1) is 13.7 Å². The number of ether oxygens (including phenoxy) is 2. The van der Waals surface area contributed by atoms with Gasteiger partial charge >= 0.3 is 0 Å². The van der Waals surface area contributed by atoms with Crippen molar-refractivity contribution in [2.24, 2.45) is 0 Å². The predicted molar refractivity (Wildman–Crippen MR) is 61.3 cm³/mol. The molecule has 0 spiro atoms. The molecule has 0 aliphatic heterocycles. The van der Waals surface area contributed by atoms with E-state index >= 15 is 0 Å². The maximum absolute atomic E-state index is 5.11. The zero-order valence-electron chi connectivity index (χ0n) is 9.62. The van der Waals surface area contributed by atoms with E-state index in [1.807, 2.05) is 12.1 Å². The van der Waals surface area contributed by atoms with Crippen LogP contribution in [0.4, 0.5) is 0 Å². The first-order valence-electron chi connectivity index (χ1n) is 5.14. The summed E-state index contributed by atoms with van der Waals surface area (Å²) in [5.41, 5.74) is 1.26. The molecule has 0 aromatic heterocycles. The maximum Gasteiger partial charge on any atom is 0.118 e. The van der Waals surface area contributed by atoms with Gasteiger partial charge in [-0.05, 0) is 24.6 Å². The molecule has 0 radical (unpaired) electrons. The van der Waals surface area contributed by atoms with Crippen molar-refractivity contribution < 1.29 is 9.47 Å². The summed E-state index contributed by atoms with van der Waals surface area (Å²) in [5.74, 6) is 0.892. The summed E-state index contributed by atoms with van der Waals surface area (Å²) < 4.78 is 10.1. The van der Waals surface area contributed by atoms with Crippen molar-refractivity contribution in [1.82, 2.24) is 5.32 Å². The highest BCUT2D eigenvalue weighted by molar-refractivity contribution is 5.28. The fourth-order valence-electron chi connectivity index (χ4n) is 1.39. The number of nitrogens with one attached hydrogen (secondary N) is 1. The van der Waals surface area contributed by atoms with Crippen LogP contribution in [0, 0.1) is 0 Å². The Hall–Kier alpha value is -1.06. The number of hydrogen-bond donors (Lipinski definition) is 1. The number of hydrogen-bond acceptors (Lipinski definition) is 3. The van der Waals surface area contributed by atoms with Crippen LogP contribution >= 0.6 is 0 Å². The lowest BCUT2D eigenvalue weighted by molar-refractivity contribution is 0.196. The summed E-state index contributed by atoms with van der Waals surface area (Å²) in [7, 11) is 3.38. The maximum atomic E-state index is 5.11. The third kappa shape index (κ3) is 3.90. The van der Waals surface area contributed by atoms with E-state index in [0.29, 0.717) is 6.04 Å². The van der Waals surface area contributed by atoms with Gasteiger partial charge in [-0.2, -0.15) is 0 Å². The summed E-state index contributed by atoms with van der Waals surface area (Å²) in [5, 5.41) is 3.37. The van der Waals surface area contributed by atoms with Crippen LogP contribution in [-0.4, -0.2) is 27.4 Å². The van der Waals surface area contributed by atoms with E-state index in [4.69, 9.17) is 9.47 Å². The molecule has 1 aromatic rings. The summed E-state index contributed by atoms with van der Waals surface area (Å²) in [6.45, 7) is 3.74. The average molecular weight is 209 g/mol. The molecule has 0 fully saturated rings. The van der Waals surface area contributed by atoms with Crippen molar-refractivity contribution in [1.29, 1.82) is 0 Å². The molecule has 0 bridgehead atoms. The molecule has 0 saturated carbocycles. The van der Waals surface area contributed by atoms with Gasteiger partial charge in [0.25, 0.3) is 0 Å². The fraction of sp³-hybridized carbons (Fsp3) is 0.500. The van der Waals surface area contributed by atoms with Crippen molar-refractivity contribution in [3.05, 3.63) is 29.8 Å². The van der Waals surface area contributed by atoms with Crippen LogP contribution in [0.15, 0.2) is 24.3 Å². The van der Waals surface area contributed by atoms with Gasteiger partial charge in [-0.15, -0.1) is 0 Å². The topological polar surface area (TPSA) is 30.5 Å². The zero-order valence-corrected chi connectivity index (χ0v) is 9.62. The van der Waals surface area contributed by atoms with Crippen molar-refractivity contribution in [2.45, 2.75) is 13.0 Å². The first-order chi connectivity index (χ1) is 7.27. The molecule has 0 heterocycles. The van der Waals surface area contributed by atoms with E-state index in [1.54, 1.807) is 14.2 Å². The summed E-state index contributed by atoms with van der Waals surface area (Å²) >= 11 is 0. The Morgan fingerprint density at radius 3 is 2.40 bits per heavy atom. The van der Waals surface area contributed by atoms with Crippen LogP contribution in [0.1, 0.15) is 18.5 Å². The minimum absolute atomic E-state index is 0.339. The Morgan fingerprint density at radius 1 is 1.20 bits per heavy atom. The van der Waals surface area contributed by atoms with E-state index in [9.17, 15) is 0 Å². The highest BCUT2D eigenvalue weighted by Crippen LogP contribution is 2.16. The first kappa shape index (κ1) is 12.0. The summed E-state index contributed by atoms with van der Waals surface area (Å²) in [6.07, 6.45) is 0. The molecule has 3 nitrogen and oxygen atoms in total. The molecule has 1 N–H and O–H groups in total. The van der Waals surface area contributed by atoms with E-state index in [1.165, 1.54) is 5.56 Å². The molecule has 0 aliphatic carbocycles. The normalized spacial score (nSPS) is 12.5. The monoisotopic (exact) mass is 209 g/mol. The van der Waals surface area contributed by atoms with Crippen LogP contribution in [0.3, 0.4) is 0 Å². The van der Waals surface area contributed by atoms with Crippen LogP contribution in [-0.2, 0) is 4.74 Å². The quantitative estimate of drug-likeness (QED) is 0.727. The molecular formula is C12H19NO2. The molecular weight excluding hydrogens is 190 g/mol. The van der Waals surface area contributed by atoms with Crippen molar-refractivity contribution in [3.8, 4) is 5.75 Å². The first-order valence-corrected chi connectivity index (χ1v) is 5.14. The molecule has 84 valence electrons. The molecule has 1 rings (SSSR count). The van der Waals surface area contributed by atoms with E-state index < -0.39 is 0 Å². The predicted octanol–water partition coefficient (Wildman–Crippen LogP) is 1.99. The third-order valence-electron chi connectivity index (χ3n) is 2.37. The van der Waals surface area contributed by atoms with Crippen molar-refractivity contribution in [3.63, 3.8) is 0 Å². The molecule has 0 amide bonds. The van der Waals surface area contributed by atoms with Gasteiger partial charge in [-0.1, -0.05) is 12.1 Å². The standard InChI is InChI=1S/C12H19NO2/c1-10(13-8-9-14-2)11-4-6-12(15-3)7-5-11/h4-7,10,13H,8-9H2,1-3H3. The minimum Gasteiger partial charge on any atom is -0.497 e. The highest BCUT2D eigenvalue weighted by atomic mass is 16.5. The van der Waals surface area contributed by atoms with Crippen LogP contribution in [0.25, 0.3) is 0 Å². The van der Waals surface area contributed by atoms with Gasteiger partial charge in [0.1, 0.15) is 5.75 Å². The smallest absolute Gasteiger partial charge is 0.118 e. The fourth-order valence-corrected chi connectivity index (χ4v) is 1.39. The van der Waals surface area contributed by atoms with E-state index in [2.05, 4.69) is 24.4 Å².